The third kappa shape index (κ3) is 5.36. The maximum absolute atomic E-state index is 13.7. The Balaban J connectivity index is 1.47. The van der Waals surface area contributed by atoms with Crippen LogP contribution in [0.25, 0.3) is 0 Å². The Morgan fingerprint density at radius 1 is 0.900 bits per heavy atom. The number of anilines is 1. The molecule has 5 rings (SSSR count). The number of benzene rings is 2. The predicted octanol–water partition coefficient (Wildman–Crippen LogP) is 6.64. The van der Waals surface area contributed by atoms with E-state index in [4.69, 9.17) is 4.74 Å². The van der Waals surface area contributed by atoms with Gasteiger partial charge in [0.25, 0.3) is 5.91 Å². The zero-order chi connectivity index (χ0) is 29.0. The Bertz CT molecular complexity index is 1420. The number of hydrogen-bond acceptors (Lipinski definition) is 5. The zero-order valence-electron chi connectivity index (χ0n) is 24.7. The monoisotopic (exact) mass is 540 g/mol. The molecule has 40 heavy (non-hydrogen) atoms. The molecule has 2 aromatic carbocycles. The van der Waals surface area contributed by atoms with Crippen LogP contribution < -0.4 is 10.1 Å². The molecule has 2 aromatic rings. The first-order valence-electron chi connectivity index (χ1n) is 14.1. The summed E-state index contributed by atoms with van der Waals surface area (Å²) in [6.07, 6.45) is 2.46. The van der Waals surface area contributed by atoms with Crippen molar-refractivity contribution in [3.05, 3.63) is 81.7 Å². The molecular weight excluding hydrogens is 500 g/mol. The van der Waals surface area contributed by atoms with E-state index in [9.17, 15) is 14.4 Å². The first-order chi connectivity index (χ1) is 18.7. The molecule has 0 aromatic heterocycles. The SMILES string of the molecule is Cc1ccc(NC(=O)COc2cccc(C3C4=C(CC(C)(C)CC4=O)N(C)C4=C3C(=O)CC(C)(C)C4)c2)c(C)c1. The van der Waals surface area contributed by atoms with Gasteiger partial charge in [-0.15, -0.1) is 0 Å². The highest BCUT2D eigenvalue weighted by Gasteiger charge is 2.48. The minimum absolute atomic E-state index is 0.103. The lowest BCUT2D eigenvalue weighted by molar-refractivity contribution is -0.120. The topological polar surface area (TPSA) is 75.7 Å². The van der Waals surface area contributed by atoms with Gasteiger partial charge >= 0.3 is 0 Å². The number of ketones is 2. The Morgan fingerprint density at radius 3 is 2.08 bits per heavy atom. The molecule has 3 aliphatic rings. The number of nitrogens with one attached hydrogen (secondary N) is 1. The van der Waals surface area contributed by atoms with Crippen molar-refractivity contribution in [1.82, 2.24) is 4.90 Å². The number of rotatable bonds is 5. The van der Waals surface area contributed by atoms with Gasteiger partial charge in [0, 0.05) is 54.0 Å². The highest BCUT2D eigenvalue weighted by atomic mass is 16.5. The van der Waals surface area contributed by atoms with Crippen molar-refractivity contribution in [1.29, 1.82) is 0 Å². The Kier molecular flexibility index (Phi) is 7.01. The molecular formula is C34H40N2O4. The number of nitrogens with zero attached hydrogens (tertiary/aromatic N) is 1. The van der Waals surface area contributed by atoms with E-state index >= 15 is 0 Å². The normalized spacial score (nSPS) is 20.3. The minimum atomic E-state index is -0.430. The summed E-state index contributed by atoms with van der Waals surface area (Å²) in [6, 6.07) is 13.4. The summed E-state index contributed by atoms with van der Waals surface area (Å²) in [5.74, 6) is 0.0589. The third-order valence-corrected chi connectivity index (χ3v) is 8.40. The van der Waals surface area contributed by atoms with Gasteiger partial charge < -0.3 is 15.0 Å². The number of Topliss-reactive ketones (excluding diaryl/α,β-unsaturated/α-hetero) is 2. The second-order valence-corrected chi connectivity index (χ2v) is 13.3. The fourth-order valence-electron chi connectivity index (χ4n) is 6.57. The summed E-state index contributed by atoms with van der Waals surface area (Å²) in [7, 11) is 2.01. The molecule has 210 valence electrons. The third-order valence-electron chi connectivity index (χ3n) is 8.40. The van der Waals surface area contributed by atoms with Crippen molar-refractivity contribution in [2.45, 2.75) is 73.1 Å². The second kappa shape index (κ2) is 10.1. The van der Waals surface area contributed by atoms with E-state index < -0.39 is 5.92 Å². The van der Waals surface area contributed by atoms with Crippen molar-refractivity contribution < 1.29 is 19.1 Å². The molecule has 0 saturated heterocycles. The van der Waals surface area contributed by atoms with Crippen LogP contribution in [0.3, 0.4) is 0 Å². The fraction of sp³-hybridized carbons (Fsp3) is 0.441. The summed E-state index contributed by atoms with van der Waals surface area (Å²) in [4.78, 5) is 42.2. The van der Waals surface area contributed by atoms with Crippen molar-refractivity contribution in [2.24, 2.45) is 10.8 Å². The van der Waals surface area contributed by atoms with Crippen LogP contribution in [0.15, 0.2) is 65.0 Å². The average Bonchev–Trinajstić information content (AvgIpc) is 2.85. The molecule has 0 fully saturated rings. The number of carbonyl (C=O) groups is 3. The quantitative estimate of drug-likeness (QED) is 0.460. The molecule has 0 unspecified atom stereocenters. The van der Waals surface area contributed by atoms with Crippen LogP contribution in [0, 0.1) is 24.7 Å². The minimum Gasteiger partial charge on any atom is -0.484 e. The van der Waals surface area contributed by atoms with Crippen molar-refractivity contribution in [3.63, 3.8) is 0 Å². The molecule has 0 bridgehead atoms. The number of carbonyl (C=O) groups excluding carboxylic acids is 3. The Hall–Kier alpha value is -3.67. The van der Waals surface area contributed by atoms with E-state index in [-0.39, 0.29) is 34.9 Å². The van der Waals surface area contributed by atoms with Crippen LogP contribution in [0.2, 0.25) is 0 Å². The van der Waals surface area contributed by atoms with Crippen LogP contribution in [-0.4, -0.2) is 36.0 Å². The molecule has 0 atom stereocenters. The molecule has 0 spiro atoms. The highest BCUT2D eigenvalue weighted by molar-refractivity contribution is 6.06. The Labute approximate surface area is 237 Å². The van der Waals surface area contributed by atoms with Crippen molar-refractivity contribution in [3.8, 4) is 5.75 Å². The predicted molar refractivity (Wildman–Crippen MR) is 157 cm³/mol. The van der Waals surface area contributed by atoms with Gasteiger partial charge in [-0.3, -0.25) is 14.4 Å². The maximum Gasteiger partial charge on any atom is 0.262 e. The molecule has 0 saturated carbocycles. The lowest BCUT2D eigenvalue weighted by Crippen LogP contribution is -2.43. The van der Waals surface area contributed by atoms with Gasteiger partial charge in [0.05, 0.1) is 0 Å². The fourth-order valence-corrected chi connectivity index (χ4v) is 6.57. The molecule has 1 N–H and O–H groups in total. The standard InChI is InChI=1S/C34H40N2O4/c1-20-11-12-24(21(2)13-20)35-29(39)19-40-23-10-8-9-22(14-23)30-31-25(15-33(3,4)17-27(31)37)36(7)26-16-34(5,6)18-28(38)32(26)30/h8-14,30H,15-19H2,1-7H3,(H,35,39). The summed E-state index contributed by atoms with van der Waals surface area (Å²) >= 11 is 0. The first-order valence-corrected chi connectivity index (χ1v) is 14.1. The summed E-state index contributed by atoms with van der Waals surface area (Å²) in [6.45, 7) is 12.4. The lowest BCUT2D eigenvalue weighted by atomic mass is 9.64. The molecule has 1 amide bonds. The first kappa shape index (κ1) is 27.9. The van der Waals surface area contributed by atoms with E-state index in [0.29, 0.717) is 18.6 Å². The number of amides is 1. The highest BCUT2D eigenvalue weighted by Crippen LogP contribution is 2.54. The van der Waals surface area contributed by atoms with Crippen LogP contribution in [0.1, 0.15) is 76.0 Å². The molecule has 6 heteroatoms. The summed E-state index contributed by atoms with van der Waals surface area (Å²) in [5, 5.41) is 2.92. The largest absolute Gasteiger partial charge is 0.484 e. The van der Waals surface area contributed by atoms with Crippen LogP contribution in [-0.2, 0) is 14.4 Å². The van der Waals surface area contributed by atoms with Gasteiger partial charge in [-0.25, -0.2) is 0 Å². The van der Waals surface area contributed by atoms with E-state index in [1.807, 2.05) is 63.4 Å². The van der Waals surface area contributed by atoms with Crippen molar-refractivity contribution in [2.75, 3.05) is 19.0 Å². The van der Waals surface area contributed by atoms with Crippen LogP contribution in [0.4, 0.5) is 5.69 Å². The van der Waals surface area contributed by atoms with E-state index in [0.717, 1.165) is 57.8 Å². The van der Waals surface area contributed by atoms with Gasteiger partial charge in [0.15, 0.2) is 18.2 Å². The number of hydrogen-bond donors (Lipinski definition) is 1. The molecule has 1 heterocycles. The van der Waals surface area contributed by atoms with Crippen LogP contribution >= 0.6 is 0 Å². The average molecular weight is 541 g/mol. The smallest absolute Gasteiger partial charge is 0.262 e. The van der Waals surface area contributed by atoms with E-state index in [1.54, 1.807) is 0 Å². The number of aryl methyl sites for hydroxylation is 2. The van der Waals surface area contributed by atoms with Gasteiger partial charge in [0.2, 0.25) is 0 Å². The van der Waals surface area contributed by atoms with Gasteiger partial charge in [-0.1, -0.05) is 57.5 Å². The van der Waals surface area contributed by atoms with Gasteiger partial charge in [-0.05, 0) is 66.8 Å². The van der Waals surface area contributed by atoms with Gasteiger partial charge in [-0.2, -0.15) is 0 Å². The molecule has 2 aliphatic carbocycles. The lowest BCUT2D eigenvalue weighted by Gasteiger charge is -2.47. The second-order valence-electron chi connectivity index (χ2n) is 13.3. The van der Waals surface area contributed by atoms with E-state index in [1.165, 1.54) is 0 Å². The molecule has 6 nitrogen and oxygen atoms in total. The number of ether oxygens (including phenoxy) is 1. The molecule has 0 radical (unpaired) electrons. The number of allylic oxidation sites excluding steroid dienone is 4. The Morgan fingerprint density at radius 2 is 1.50 bits per heavy atom. The summed E-state index contributed by atoms with van der Waals surface area (Å²) < 4.78 is 5.92. The molecule has 1 aliphatic heterocycles. The summed E-state index contributed by atoms with van der Waals surface area (Å²) in [5.41, 5.74) is 6.96. The van der Waals surface area contributed by atoms with Crippen molar-refractivity contribution >= 4 is 23.2 Å². The zero-order valence-corrected chi connectivity index (χ0v) is 24.7. The van der Waals surface area contributed by atoms with E-state index in [2.05, 4.69) is 37.9 Å². The van der Waals surface area contributed by atoms with Gasteiger partial charge in [0.1, 0.15) is 5.75 Å². The van der Waals surface area contributed by atoms with Crippen LogP contribution in [0.5, 0.6) is 5.75 Å². The maximum atomic E-state index is 13.7.